The zero-order valence-corrected chi connectivity index (χ0v) is 14.6. The lowest BCUT2D eigenvalue weighted by atomic mass is 9.89. The smallest absolute Gasteiger partial charge is 0.0480 e. The lowest BCUT2D eigenvalue weighted by Crippen LogP contribution is -2.44. The number of nitrogens with zero attached hydrogens (tertiary/aromatic N) is 3. The SMILES string of the molecule is CN(C)C[C@H]1C[C@H](CO)CN(Cc2cc3ccccc3n2C)C1. The van der Waals surface area contributed by atoms with E-state index in [0.29, 0.717) is 18.4 Å². The van der Waals surface area contributed by atoms with Crippen molar-refractivity contribution in [3.63, 3.8) is 0 Å². The van der Waals surface area contributed by atoms with E-state index in [9.17, 15) is 5.11 Å². The zero-order valence-electron chi connectivity index (χ0n) is 14.6. The summed E-state index contributed by atoms with van der Waals surface area (Å²) in [4.78, 5) is 4.78. The molecule has 3 rings (SSSR count). The summed E-state index contributed by atoms with van der Waals surface area (Å²) in [5, 5.41) is 11.0. The molecule has 1 aliphatic heterocycles. The molecule has 4 heteroatoms. The fourth-order valence-corrected chi connectivity index (χ4v) is 4.06. The Labute approximate surface area is 139 Å². The van der Waals surface area contributed by atoms with Gasteiger partial charge in [0.2, 0.25) is 0 Å². The van der Waals surface area contributed by atoms with Gasteiger partial charge in [-0.2, -0.15) is 0 Å². The van der Waals surface area contributed by atoms with E-state index >= 15 is 0 Å². The van der Waals surface area contributed by atoms with Crippen LogP contribution in [0.4, 0.5) is 0 Å². The predicted molar refractivity (Wildman–Crippen MR) is 95.4 cm³/mol. The van der Waals surface area contributed by atoms with Crippen LogP contribution in [0.1, 0.15) is 12.1 Å². The largest absolute Gasteiger partial charge is 0.396 e. The molecule has 0 unspecified atom stereocenters. The molecule has 1 saturated heterocycles. The van der Waals surface area contributed by atoms with Crippen molar-refractivity contribution < 1.29 is 5.11 Å². The van der Waals surface area contributed by atoms with E-state index < -0.39 is 0 Å². The maximum absolute atomic E-state index is 9.65. The van der Waals surface area contributed by atoms with Crippen molar-refractivity contribution in [3.05, 3.63) is 36.0 Å². The first kappa shape index (κ1) is 16.5. The quantitative estimate of drug-likeness (QED) is 0.917. The minimum absolute atomic E-state index is 0.301. The molecule has 4 nitrogen and oxygen atoms in total. The van der Waals surface area contributed by atoms with E-state index in [1.807, 2.05) is 0 Å². The Bertz CT molecular complexity index is 649. The molecular formula is C19H29N3O. The molecule has 0 radical (unpaired) electrons. The Hall–Kier alpha value is -1.36. The van der Waals surface area contributed by atoms with Crippen molar-refractivity contribution in [1.29, 1.82) is 0 Å². The summed E-state index contributed by atoms with van der Waals surface area (Å²) >= 11 is 0. The molecule has 1 aromatic heterocycles. The average molecular weight is 315 g/mol. The van der Waals surface area contributed by atoms with Crippen molar-refractivity contribution >= 4 is 10.9 Å². The number of aromatic nitrogens is 1. The van der Waals surface area contributed by atoms with Crippen LogP contribution in [0.5, 0.6) is 0 Å². The highest BCUT2D eigenvalue weighted by molar-refractivity contribution is 5.81. The van der Waals surface area contributed by atoms with Crippen molar-refractivity contribution in [2.45, 2.75) is 13.0 Å². The number of hydrogen-bond acceptors (Lipinski definition) is 3. The number of aliphatic hydroxyl groups excluding tert-OH is 1. The number of aryl methyl sites for hydroxylation is 1. The molecule has 1 aliphatic rings. The standard InChI is InChI=1S/C19H29N3O/c1-20(2)10-15-8-16(14-23)12-22(11-15)13-18-9-17-6-4-5-7-19(17)21(18)3/h4-7,9,15-16,23H,8,10-14H2,1-3H3/t15-,16+/m1/s1. The number of piperidine rings is 1. The number of hydrogen-bond donors (Lipinski definition) is 1. The Morgan fingerprint density at radius 1 is 1.17 bits per heavy atom. The number of aliphatic hydroxyl groups is 1. The van der Waals surface area contributed by atoms with Gasteiger partial charge in [-0.05, 0) is 49.9 Å². The van der Waals surface area contributed by atoms with Gasteiger partial charge in [-0.3, -0.25) is 4.90 Å². The number of fused-ring (bicyclic) bond motifs is 1. The Kier molecular flexibility index (Phi) is 5.05. The van der Waals surface area contributed by atoms with E-state index in [0.717, 1.165) is 32.6 Å². The lowest BCUT2D eigenvalue weighted by Gasteiger charge is -2.38. The maximum atomic E-state index is 9.65. The topological polar surface area (TPSA) is 31.6 Å². The Balaban J connectivity index is 1.75. The summed E-state index contributed by atoms with van der Waals surface area (Å²) in [6, 6.07) is 10.9. The molecule has 23 heavy (non-hydrogen) atoms. The molecule has 0 aliphatic carbocycles. The molecule has 126 valence electrons. The molecule has 0 spiro atoms. The highest BCUT2D eigenvalue weighted by atomic mass is 16.3. The number of rotatable bonds is 5. The van der Waals surface area contributed by atoms with Gasteiger partial charge in [0.05, 0.1) is 0 Å². The molecule has 0 saturated carbocycles. The van der Waals surface area contributed by atoms with E-state index in [1.165, 1.54) is 16.6 Å². The van der Waals surface area contributed by atoms with E-state index in [-0.39, 0.29) is 0 Å². The molecule has 1 fully saturated rings. The second-order valence-corrected chi connectivity index (χ2v) is 7.36. The van der Waals surface area contributed by atoms with E-state index in [1.54, 1.807) is 0 Å². The summed E-state index contributed by atoms with van der Waals surface area (Å²) < 4.78 is 2.30. The second-order valence-electron chi connectivity index (χ2n) is 7.36. The van der Waals surface area contributed by atoms with Gasteiger partial charge in [-0.15, -0.1) is 0 Å². The van der Waals surface area contributed by atoms with Crippen LogP contribution in [0.25, 0.3) is 10.9 Å². The Morgan fingerprint density at radius 3 is 2.61 bits per heavy atom. The van der Waals surface area contributed by atoms with Crippen LogP contribution < -0.4 is 0 Å². The van der Waals surface area contributed by atoms with Gasteiger partial charge in [0.1, 0.15) is 0 Å². The highest BCUT2D eigenvalue weighted by Crippen LogP contribution is 2.25. The number of likely N-dealkylation sites (tertiary alicyclic amines) is 1. The monoisotopic (exact) mass is 315 g/mol. The first-order valence-corrected chi connectivity index (χ1v) is 8.58. The van der Waals surface area contributed by atoms with Crippen molar-refractivity contribution in [2.24, 2.45) is 18.9 Å². The van der Waals surface area contributed by atoms with Gasteiger partial charge < -0.3 is 14.6 Å². The van der Waals surface area contributed by atoms with Crippen LogP contribution in [0.2, 0.25) is 0 Å². The van der Waals surface area contributed by atoms with Gasteiger partial charge in [-0.25, -0.2) is 0 Å². The lowest BCUT2D eigenvalue weighted by molar-refractivity contribution is 0.0681. The predicted octanol–water partition coefficient (Wildman–Crippen LogP) is 2.17. The Morgan fingerprint density at radius 2 is 1.91 bits per heavy atom. The third kappa shape index (κ3) is 3.77. The minimum Gasteiger partial charge on any atom is -0.396 e. The summed E-state index contributed by atoms with van der Waals surface area (Å²) in [6.07, 6.45) is 1.14. The molecule has 2 aromatic rings. The summed E-state index contributed by atoms with van der Waals surface area (Å²) in [6.45, 7) is 4.49. The maximum Gasteiger partial charge on any atom is 0.0480 e. The van der Waals surface area contributed by atoms with Crippen LogP contribution in [-0.4, -0.2) is 59.8 Å². The third-order valence-electron chi connectivity index (χ3n) is 5.02. The van der Waals surface area contributed by atoms with Crippen LogP contribution in [-0.2, 0) is 13.6 Å². The van der Waals surface area contributed by atoms with Crippen molar-refractivity contribution in [1.82, 2.24) is 14.4 Å². The molecule has 2 atom stereocenters. The summed E-state index contributed by atoms with van der Waals surface area (Å²) in [5.41, 5.74) is 2.65. The molecule has 0 amide bonds. The van der Waals surface area contributed by atoms with Gasteiger partial charge in [0.25, 0.3) is 0 Å². The van der Waals surface area contributed by atoms with E-state index in [2.05, 4.69) is 65.8 Å². The highest BCUT2D eigenvalue weighted by Gasteiger charge is 2.27. The van der Waals surface area contributed by atoms with Gasteiger partial charge in [0.15, 0.2) is 0 Å². The van der Waals surface area contributed by atoms with Crippen LogP contribution in [0.15, 0.2) is 30.3 Å². The first-order valence-electron chi connectivity index (χ1n) is 8.58. The van der Waals surface area contributed by atoms with Gasteiger partial charge >= 0.3 is 0 Å². The molecule has 1 aromatic carbocycles. The van der Waals surface area contributed by atoms with Gasteiger partial charge in [-0.1, -0.05) is 18.2 Å². The average Bonchev–Trinajstić information content (AvgIpc) is 2.83. The molecule has 0 bridgehead atoms. The van der Waals surface area contributed by atoms with Crippen molar-refractivity contribution in [2.75, 3.05) is 40.3 Å². The van der Waals surface area contributed by atoms with E-state index in [4.69, 9.17) is 0 Å². The van der Waals surface area contributed by atoms with Crippen molar-refractivity contribution in [3.8, 4) is 0 Å². The second kappa shape index (κ2) is 7.04. The van der Waals surface area contributed by atoms with Gasteiger partial charge in [0, 0.05) is 51.0 Å². The fourth-order valence-electron chi connectivity index (χ4n) is 4.06. The fraction of sp³-hybridized carbons (Fsp3) is 0.579. The third-order valence-corrected chi connectivity index (χ3v) is 5.02. The normalized spacial score (nSPS) is 23.0. The summed E-state index contributed by atoms with van der Waals surface area (Å²) in [5.74, 6) is 1.05. The first-order chi connectivity index (χ1) is 11.1. The zero-order chi connectivity index (χ0) is 16.4. The van der Waals surface area contributed by atoms with Crippen LogP contribution in [0, 0.1) is 11.8 Å². The summed E-state index contributed by atoms with van der Waals surface area (Å²) in [7, 11) is 6.43. The molecule has 1 N–H and O–H groups in total. The molecular weight excluding hydrogens is 286 g/mol. The molecule has 2 heterocycles. The minimum atomic E-state index is 0.301. The van der Waals surface area contributed by atoms with Crippen LogP contribution >= 0.6 is 0 Å². The number of benzene rings is 1. The van der Waals surface area contributed by atoms with Crippen LogP contribution in [0.3, 0.4) is 0 Å². The number of para-hydroxylation sites is 1.